The first-order chi connectivity index (χ1) is 12.1. The minimum absolute atomic E-state index is 0.625. The summed E-state index contributed by atoms with van der Waals surface area (Å²) in [6.07, 6.45) is 0. The molecule has 0 aromatic heterocycles. The van der Waals surface area contributed by atoms with E-state index in [1.807, 2.05) is 6.92 Å². The Kier molecular flexibility index (Phi) is 56.3. The van der Waals surface area contributed by atoms with Crippen LogP contribution in [0, 0.1) is 0 Å². The Hall–Kier alpha value is -2.77. The number of hydrogen-bond donors (Lipinski definition) is 7. The Bertz CT molecular complexity index is 280. The summed E-state index contributed by atoms with van der Waals surface area (Å²) in [4.78, 5) is 49.7. The SMILES string of the molecule is CC(=O)O.CC(=O)O.CC(=O)O.CC(=O)O.CC(=O)O.CCONCCN. The van der Waals surface area contributed by atoms with Gasteiger partial charge in [-0.3, -0.25) is 24.0 Å². The average Bonchev–Trinajstić information content (AvgIpc) is 2.35. The number of nitrogens with one attached hydrogen (secondary N) is 1. The van der Waals surface area contributed by atoms with Crippen molar-refractivity contribution in [1.82, 2.24) is 5.48 Å². The highest BCUT2D eigenvalue weighted by molar-refractivity contribution is 5.63. The van der Waals surface area contributed by atoms with Gasteiger partial charge in [-0.05, 0) is 6.92 Å². The molecular formula is C14H32N2O11. The summed E-state index contributed by atoms with van der Waals surface area (Å²) in [6, 6.07) is 0. The Labute approximate surface area is 157 Å². The van der Waals surface area contributed by atoms with E-state index in [-0.39, 0.29) is 0 Å². The number of nitrogens with two attached hydrogens (primary N) is 1. The van der Waals surface area contributed by atoms with Crippen molar-refractivity contribution in [3.63, 3.8) is 0 Å². The molecule has 0 atom stereocenters. The maximum absolute atomic E-state index is 9.00. The van der Waals surface area contributed by atoms with Crippen molar-refractivity contribution < 1.29 is 54.3 Å². The third-order valence-electron chi connectivity index (χ3n) is 0.493. The van der Waals surface area contributed by atoms with Gasteiger partial charge in [0.15, 0.2) is 0 Å². The molecule has 0 saturated carbocycles. The fourth-order valence-electron chi connectivity index (χ4n) is 0.233. The number of hydroxylamine groups is 1. The van der Waals surface area contributed by atoms with Crippen LogP contribution in [0.2, 0.25) is 0 Å². The van der Waals surface area contributed by atoms with Crippen LogP contribution in [0.5, 0.6) is 0 Å². The van der Waals surface area contributed by atoms with E-state index in [0.29, 0.717) is 13.2 Å². The van der Waals surface area contributed by atoms with Crippen molar-refractivity contribution in [1.29, 1.82) is 0 Å². The van der Waals surface area contributed by atoms with E-state index in [2.05, 4.69) is 5.48 Å². The smallest absolute Gasteiger partial charge is 0.300 e. The molecule has 0 aromatic carbocycles. The van der Waals surface area contributed by atoms with Crippen molar-refractivity contribution in [2.75, 3.05) is 19.7 Å². The van der Waals surface area contributed by atoms with Crippen molar-refractivity contribution in [3.8, 4) is 0 Å². The summed E-state index contributed by atoms with van der Waals surface area (Å²) >= 11 is 0. The van der Waals surface area contributed by atoms with Gasteiger partial charge in [0.25, 0.3) is 29.8 Å². The van der Waals surface area contributed by atoms with Gasteiger partial charge in [-0.25, -0.2) is 5.48 Å². The third kappa shape index (κ3) is 6920. The second-order valence-electron chi connectivity index (χ2n) is 3.71. The van der Waals surface area contributed by atoms with Crippen LogP contribution in [0.4, 0.5) is 0 Å². The van der Waals surface area contributed by atoms with E-state index in [9.17, 15) is 0 Å². The summed E-state index contributed by atoms with van der Waals surface area (Å²) in [7, 11) is 0. The first-order valence-corrected chi connectivity index (χ1v) is 7.10. The van der Waals surface area contributed by atoms with E-state index in [1.165, 1.54) is 0 Å². The van der Waals surface area contributed by atoms with Gasteiger partial charge in [0.05, 0.1) is 6.61 Å². The lowest BCUT2D eigenvalue weighted by molar-refractivity contribution is -0.135. The lowest BCUT2D eigenvalue weighted by Crippen LogP contribution is -2.22. The average molecular weight is 404 g/mol. The molecule has 0 heterocycles. The van der Waals surface area contributed by atoms with Gasteiger partial charge in [0, 0.05) is 47.7 Å². The van der Waals surface area contributed by atoms with Gasteiger partial charge in [0.2, 0.25) is 0 Å². The molecule has 13 heteroatoms. The van der Waals surface area contributed by atoms with Crippen molar-refractivity contribution in [2.24, 2.45) is 5.73 Å². The summed E-state index contributed by atoms with van der Waals surface area (Å²) in [5.41, 5.74) is 7.79. The molecule has 0 fully saturated rings. The standard InChI is InChI=1S/C4H12N2O.5C2H4O2/c1-2-7-6-4-3-5;5*1-2(3)4/h6H,2-5H2,1H3;5*1H3,(H,3,4). The first-order valence-electron chi connectivity index (χ1n) is 7.10. The Morgan fingerprint density at radius 2 is 0.889 bits per heavy atom. The van der Waals surface area contributed by atoms with Crippen LogP contribution in [0.25, 0.3) is 0 Å². The van der Waals surface area contributed by atoms with Gasteiger partial charge >= 0.3 is 0 Å². The van der Waals surface area contributed by atoms with Crippen LogP contribution in [0.3, 0.4) is 0 Å². The summed E-state index contributed by atoms with van der Waals surface area (Å²) in [6.45, 7) is 9.39. The number of carboxylic acids is 5. The van der Waals surface area contributed by atoms with Crippen LogP contribution in [-0.4, -0.2) is 75.1 Å². The number of hydrogen-bond acceptors (Lipinski definition) is 8. The van der Waals surface area contributed by atoms with Gasteiger partial charge in [-0.1, -0.05) is 0 Å². The first kappa shape index (κ1) is 39.3. The fraction of sp³-hybridized carbons (Fsp3) is 0.643. The summed E-state index contributed by atoms with van der Waals surface area (Å²) in [5.74, 6) is -4.17. The third-order valence-corrected chi connectivity index (χ3v) is 0.493. The quantitative estimate of drug-likeness (QED) is 0.240. The zero-order chi connectivity index (χ0) is 23.4. The normalized spacial score (nSPS) is 7.07. The zero-order valence-electron chi connectivity index (χ0n) is 16.4. The Balaban J connectivity index is -0.0000000500. The molecule has 0 aliphatic rings. The number of rotatable bonds is 4. The molecule has 13 nitrogen and oxygen atoms in total. The van der Waals surface area contributed by atoms with Gasteiger partial charge in [-0.2, -0.15) is 0 Å². The second-order valence-corrected chi connectivity index (χ2v) is 3.71. The molecule has 0 aromatic rings. The van der Waals surface area contributed by atoms with Crippen LogP contribution in [0.15, 0.2) is 0 Å². The molecule has 0 radical (unpaired) electrons. The van der Waals surface area contributed by atoms with Gasteiger partial charge in [0.1, 0.15) is 0 Å². The van der Waals surface area contributed by atoms with E-state index >= 15 is 0 Å². The highest BCUT2D eigenvalue weighted by Gasteiger charge is 1.75. The highest BCUT2D eigenvalue weighted by atomic mass is 16.6. The van der Waals surface area contributed by atoms with Crippen LogP contribution >= 0.6 is 0 Å². The molecule has 27 heavy (non-hydrogen) atoms. The van der Waals surface area contributed by atoms with Gasteiger partial charge in [-0.15, -0.1) is 0 Å². The largest absolute Gasteiger partial charge is 0.481 e. The van der Waals surface area contributed by atoms with Crippen molar-refractivity contribution in [3.05, 3.63) is 0 Å². The van der Waals surface area contributed by atoms with E-state index in [1.54, 1.807) is 0 Å². The number of aliphatic carboxylic acids is 5. The zero-order valence-corrected chi connectivity index (χ0v) is 16.4. The minimum atomic E-state index is -0.833. The van der Waals surface area contributed by atoms with Crippen LogP contribution in [-0.2, 0) is 28.8 Å². The Morgan fingerprint density at radius 1 is 0.704 bits per heavy atom. The van der Waals surface area contributed by atoms with Crippen LogP contribution in [0.1, 0.15) is 41.5 Å². The molecule has 0 aliphatic heterocycles. The molecule has 8 N–H and O–H groups in total. The maximum atomic E-state index is 9.00. The van der Waals surface area contributed by atoms with Gasteiger partial charge < -0.3 is 36.1 Å². The number of carbonyl (C=O) groups is 5. The Morgan fingerprint density at radius 3 is 1.00 bits per heavy atom. The molecule has 0 spiro atoms. The topological polar surface area (TPSA) is 234 Å². The lowest BCUT2D eigenvalue weighted by Gasteiger charge is -1.97. The predicted molar refractivity (Wildman–Crippen MR) is 95.2 cm³/mol. The summed E-state index contributed by atoms with van der Waals surface area (Å²) in [5, 5.41) is 37.1. The van der Waals surface area contributed by atoms with E-state index in [4.69, 9.17) is 60.1 Å². The van der Waals surface area contributed by atoms with Crippen molar-refractivity contribution in [2.45, 2.75) is 41.5 Å². The molecule has 164 valence electrons. The molecule has 0 rings (SSSR count). The molecule has 0 aliphatic carbocycles. The molecular weight excluding hydrogens is 372 g/mol. The van der Waals surface area contributed by atoms with Crippen LogP contribution < -0.4 is 11.2 Å². The second kappa shape index (κ2) is 38.7. The van der Waals surface area contributed by atoms with E-state index < -0.39 is 29.8 Å². The fourth-order valence-corrected chi connectivity index (χ4v) is 0.233. The predicted octanol–water partition coefficient (Wildman–Crippen LogP) is -0.0593. The maximum Gasteiger partial charge on any atom is 0.300 e. The minimum Gasteiger partial charge on any atom is -0.481 e. The molecule has 0 bridgehead atoms. The molecule has 0 amide bonds. The molecule has 0 unspecified atom stereocenters. The van der Waals surface area contributed by atoms with E-state index in [0.717, 1.165) is 41.2 Å². The van der Waals surface area contributed by atoms with Crippen molar-refractivity contribution >= 4 is 29.8 Å². The lowest BCUT2D eigenvalue weighted by atomic mass is 10.7. The monoisotopic (exact) mass is 404 g/mol. The summed E-state index contributed by atoms with van der Waals surface area (Å²) < 4.78 is 0. The number of carboxylic acid groups (broad SMARTS) is 5. The highest BCUT2D eigenvalue weighted by Crippen LogP contribution is 1.59. The molecule has 0 saturated heterocycles.